The molecule has 0 fully saturated rings. The fourth-order valence-corrected chi connectivity index (χ4v) is 6.15. The van der Waals surface area contributed by atoms with Crippen molar-refractivity contribution in [3.63, 3.8) is 0 Å². The highest BCUT2D eigenvalue weighted by Crippen LogP contribution is 2.23. The van der Waals surface area contributed by atoms with Gasteiger partial charge in [0.15, 0.2) is 0 Å². The van der Waals surface area contributed by atoms with E-state index >= 15 is 0 Å². The molecule has 0 saturated heterocycles. The maximum absolute atomic E-state index is 9.95. The number of phenols is 1. The topological polar surface area (TPSA) is 20.2 Å². The number of hydrogen-bond donors (Lipinski definition) is 1. The molecule has 1 heteroatoms. The molecule has 0 bridgehead atoms. The quantitative estimate of drug-likeness (QED) is 0.105. The Labute approximate surface area is 293 Å². The third-order valence-electron chi connectivity index (χ3n) is 9.66. The molecular formula is C46H74O. The summed E-state index contributed by atoms with van der Waals surface area (Å²) in [5.41, 5.74) is 10.0. The zero-order valence-electron chi connectivity index (χ0n) is 32.4. The fourth-order valence-electron chi connectivity index (χ4n) is 6.15. The van der Waals surface area contributed by atoms with Crippen LogP contribution in [0.3, 0.4) is 0 Å². The lowest BCUT2D eigenvalue weighted by Crippen LogP contribution is -1.99. The normalized spacial score (nSPS) is 14.8. The average Bonchev–Trinajstić information content (AvgIpc) is 3.00. The third-order valence-corrected chi connectivity index (χ3v) is 9.66. The number of rotatable bonds is 25. The Kier molecular flexibility index (Phi) is 23.9. The van der Waals surface area contributed by atoms with Crippen LogP contribution in [-0.4, -0.2) is 5.11 Å². The minimum absolute atomic E-state index is 0.398. The number of benzene rings is 1. The van der Waals surface area contributed by atoms with Crippen molar-refractivity contribution in [2.45, 2.75) is 171 Å². The predicted octanol–water partition coefficient (Wildman–Crippen LogP) is 15.1. The average molecular weight is 643 g/mol. The Balaban J connectivity index is 2.13. The molecule has 0 saturated carbocycles. The van der Waals surface area contributed by atoms with Crippen molar-refractivity contribution < 1.29 is 5.11 Å². The minimum Gasteiger partial charge on any atom is -0.508 e. The Morgan fingerprint density at radius 1 is 0.511 bits per heavy atom. The highest BCUT2D eigenvalue weighted by Gasteiger charge is 2.06. The molecule has 1 aromatic rings. The summed E-state index contributed by atoms with van der Waals surface area (Å²) in [6.45, 7) is 20.7. The van der Waals surface area contributed by atoms with Crippen LogP contribution < -0.4 is 0 Å². The van der Waals surface area contributed by atoms with Crippen molar-refractivity contribution >= 4 is 0 Å². The van der Waals surface area contributed by atoms with Crippen LogP contribution in [0.4, 0.5) is 0 Å². The zero-order valence-corrected chi connectivity index (χ0v) is 32.4. The van der Waals surface area contributed by atoms with Crippen molar-refractivity contribution in [3.8, 4) is 5.75 Å². The van der Waals surface area contributed by atoms with Gasteiger partial charge in [0.05, 0.1) is 0 Å². The molecule has 2 atom stereocenters. The summed E-state index contributed by atoms with van der Waals surface area (Å²) in [6, 6.07) is 7.64. The van der Waals surface area contributed by atoms with E-state index in [0.29, 0.717) is 5.75 Å². The van der Waals surface area contributed by atoms with Crippen LogP contribution >= 0.6 is 0 Å². The van der Waals surface area contributed by atoms with Crippen molar-refractivity contribution in [1.82, 2.24) is 0 Å². The van der Waals surface area contributed by atoms with Crippen molar-refractivity contribution in [3.05, 3.63) is 99.7 Å². The number of hydrogen-bond acceptors (Lipinski definition) is 1. The lowest BCUT2D eigenvalue weighted by molar-refractivity contribution is 0.406. The second kappa shape index (κ2) is 26.4. The smallest absolute Gasteiger partial charge is 0.119 e. The molecule has 0 aliphatic heterocycles. The molecule has 0 aromatic heterocycles. The molecule has 0 aliphatic carbocycles. The molecule has 0 spiro atoms. The zero-order chi connectivity index (χ0) is 34.9. The highest BCUT2D eigenvalue weighted by molar-refractivity contribution is 5.33. The monoisotopic (exact) mass is 643 g/mol. The van der Waals surface area contributed by atoms with E-state index in [1.54, 1.807) is 11.6 Å². The summed E-state index contributed by atoms with van der Waals surface area (Å²) in [7, 11) is 0. The molecule has 1 aromatic carbocycles. The van der Waals surface area contributed by atoms with E-state index in [2.05, 4.69) is 98.8 Å². The van der Waals surface area contributed by atoms with Crippen molar-refractivity contribution in [2.75, 3.05) is 0 Å². The third kappa shape index (κ3) is 24.3. The molecule has 1 N–H and O–H groups in total. The van der Waals surface area contributed by atoms with Gasteiger partial charge in [0.25, 0.3) is 0 Å². The van der Waals surface area contributed by atoms with Crippen LogP contribution in [0.2, 0.25) is 0 Å². The first-order chi connectivity index (χ1) is 22.5. The lowest BCUT2D eigenvalue weighted by atomic mass is 9.92. The van der Waals surface area contributed by atoms with E-state index in [1.165, 1.54) is 118 Å². The summed E-state index contributed by atoms with van der Waals surface area (Å²) in [5.74, 6) is 2.06. The highest BCUT2D eigenvalue weighted by atomic mass is 16.3. The summed E-state index contributed by atoms with van der Waals surface area (Å²) < 4.78 is 0. The first-order valence-corrected chi connectivity index (χ1v) is 19.1. The van der Waals surface area contributed by atoms with Crippen LogP contribution in [-0.2, 0) is 6.42 Å². The van der Waals surface area contributed by atoms with E-state index < -0.39 is 0 Å². The molecule has 1 rings (SSSR count). The number of allylic oxidation sites excluding steroid dienone is 12. The van der Waals surface area contributed by atoms with Crippen molar-refractivity contribution in [1.29, 1.82) is 0 Å². The summed E-state index contributed by atoms with van der Waals surface area (Å²) in [6.07, 6.45) is 35.2. The number of para-hydroxylation sites is 1. The van der Waals surface area contributed by atoms with Crippen LogP contribution in [0.5, 0.6) is 5.75 Å². The van der Waals surface area contributed by atoms with E-state index in [0.717, 1.165) is 36.7 Å². The van der Waals surface area contributed by atoms with Crippen LogP contribution in [0.25, 0.3) is 0 Å². The van der Waals surface area contributed by atoms with Crippen LogP contribution in [0, 0.1) is 11.8 Å². The van der Waals surface area contributed by atoms with E-state index in [-0.39, 0.29) is 0 Å². The van der Waals surface area contributed by atoms with Gasteiger partial charge in [-0.2, -0.15) is 0 Å². The first-order valence-electron chi connectivity index (χ1n) is 19.1. The molecule has 0 aliphatic rings. The predicted molar refractivity (Wildman–Crippen MR) is 212 cm³/mol. The van der Waals surface area contributed by atoms with Gasteiger partial charge in [-0.15, -0.1) is 0 Å². The van der Waals surface area contributed by atoms with Gasteiger partial charge in [-0.3, -0.25) is 0 Å². The molecule has 2 unspecified atom stereocenters. The van der Waals surface area contributed by atoms with Gasteiger partial charge in [-0.25, -0.2) is 0 Å². The van der Waals surface area contributed by atoms with E-state index in [9.17, 15) is 5.11 Å². The summed E-state index contributed by atoms with van der Waals surface area (Å²) in [4.78, 5) is 0. The van der Waals surface area contributed by atoms with Gasteiger partial charge in [-0.1, -0.05) is 128 Å². The van der Waals surface area contributed by atoms with E-state index in [4.69, 9.17) is 0 Å². The van der Waals surface area contributed by atoms with Gasteiger partial charge >= 0.3 is 0 Å². The number of phenolic OH excluding ortho intramolecular Hbond substituents is 1. The molecule has 264 valence electrons. The van der Waals surface area contributed by atoms with E-state index in [1.807, 2.05) is 18.2 Å². The standard InChI is InChI=1S/C46H74O/c1-37(2)19-12-20-38(3)21-13-22-39(4)23-14-24-40(5)25-15-26-41(6)27-16-28-42(7)29-17-30-43(8)31-18-32-44(9)35-36-45-33-10-11-34-46(45)47/h10-11,19,21,23,25,31,33-35,41-42,47H,12-18,20,22,24,26-30,32,36H2,1-9H3/b38-21+,39-23+,40-25+,43-31+,44-35+. The molecule has 1 nitrogen and oxygen atoms in total. The largest absolute Gasteiger partial charge is 0.508 e. The molecular weight excluding hydrogens is 569 g/mol. The van der Waals surface area contributed by atoms with Gasteiger partial charge in [-0.05, 0) is 155 Å². The molecule has 0 heterocycles. The number of aromatic hydroxyl groups is 1. The summed E-state index contributed by atoms with van der Waals surface area (Å²) in [5, 5.41) is 9.95. The van der Waals surface area contributed by atoms with Gasteiger partial charge in [0.1, 0.15) is 5.75 Å². The fraction of sp³-hybridized carbons (Fsp3) is 0.609. The first kappa shape index (κ1) is 42.5. The Morgan fingerprint density at radius 2 is 0.936 bits per heavy atom. The second-order valence-corrected chi connectivity index (χ2v) is 15.1. The molecule has 47 heavy (non-hydrogen) atoms. The van der Waals surface area contributed by atoms with Crippen LogP contribution in [0.1, 0.15) is 171 Å². The Morgan fingerprint density at radius 3 is 1.47 bits per heavy atom. The Bertz CT molecular complexity index is 1160. The lowest BCUT2D eigenvalue weighted by Gasteiger charge is -2.14. The van der Waals surface area contributed by atoms with Gasteiger partial charge in [0, 0.05) is 0 Å². The summed E-state index contributed by atoms with van der Waals surface area (Å²) >= 11 is 0. The minimum atomic E-state index is 0.398. The van der Waals surface area contributed by atoms with Crippen molar-refractivity contribution in [2.24, 2.45) is 11.8 Å². The Hall–Kier alpha value is -2.54. The van der Waals surface area contributed by atoms with Gasteiger partial charge in [0.2, 0.25) is 0 Å². The van der Waals surface area contributed by atoms with Crippen LogP contribution in [0.15, 0.2) is 94.2 Å². The molecule has 0 amide bonds. The molecule has 0 radical (unpaired) electrons. The maximum atomic E-state index is 9.95. The SMILES string of the molecule is CC(C)=CCC/C(C)=C/CC/C(C)=C/CC/C(C)=C/CCC(C)CCCC(C)CCC/C(C)=C/CC/C(C)=C/Cc1ccccc1O. The second-order valence-electron chi connectivity index (χ2n) is 15.1. The maximum Gasteiger partial charge on any atom is 0.119 e. The van der Waals surface area contributed by atoms with Gasteiger partial charge < -0.3 is 5.11 Å².